The Morgan fingerprint density at radius 1 is 1.16 bits per heavy atom. The highest BCUT2D eigenvalue weighted by Crippen LogP contribution is 2.39. The number of benzene rings is 2. The van der Waals surface area contributed by atoms with Crippen molar-refractivity contribution in [2.45, 2.75) is 52.2 Å². The molecule has 1 aliphatic heterocycles. The Balaban J connectivity index is 1.54. The summed E-state index contributed by atoms with van der Waals surface area (Å²) in [6, 6.07) is 16.8. The summed E-state index contributed by atoms with van der Waals surface area (Å²) in [5.74, 6) is 1.88. The summed E-state index contributed by atoms with van der Waals surface area (Å²) in [5, 5.41) is 11.2. The Morgan fingerprint density at radius 2 is 1.84 bits per heavy atom. The number of carbonyl (C=O) groups is 1. The monoisotopic (exact) mass is 432 g/mol. The van der Waals surface area contributed by atoms with Crippen LogP contribution in [-0.4, -0.2) is 22.8 Å². The topological polar surface area (TPSA) is 68.2 Å². The zero-order valence-corrected chi connectivity index (χ0v) is 19.3. The zero-order valence-electron chi connectivity index (χ0n) is 19.3. The van der Waals surface area contributed by atoms with E-state index >= 15 is 0 Å². The maximum absolute atomic E-state index is 13.0. The van der Waals surface area contributed by atoms with Gasteiger partial charge < -0.3 is 15.4 Å². The highest BCUT2D eigenvalue weighted by Gasteiger charge is 2.33. The molecule has 1 amide bonds. The molecule has 32 heavy (non-hydrogen) atoms. The van der Waals surface area contributed by atoms with Gasteiger partial charge in [0, 0.05) is 6.54 Å². The molecule has 3 aromatic rings. The third-order valence-electron chi connectivity index (χ3n) is 6.31. The van der Waals surface area contributed by atoms with E-state index in [4.69, 9.17) is 4.74 Å². The van der Waals surface area contributed by atoms with E-state index < -0.39 is 0 Å². The molecule has 0 aliphatic carbocycles. The van der Waals surface area contributed by atoms with E-state index in [2.05, 4.69) is 60.8 Å². The molecule has 0 fully saturated rings. The number of hydrogen-bond donors (Lipinski definition) is 2. The van der Waals surface area contributed by atoms with E-state index in [1.807, 2.05) is 28.9 Å². The number of aromatic nitrogens is 2. The number of ether oxygens (including phenoxy) is 1. The summed E-state index contributed by atoms with van der Waals surface area (Å²) in [4.78, 5) is 13.0. The number of carbonyl (C=O) groups excluding carboxylic acids is 1. The van der Waals surface area contributed by atoms with E-state index in [-0.39, 0.29) is 18.0 Å². The molecular formula is C26H32N4O2. The lowest BCUT2D eigenvalue weighted by Gasteiger charge is -2.35. The molecule has 1 aliphatic rings. The van der Waals surface area contributed by atoms with Gasteiger partial charge in [-0.05, 0) is 47.6 Å². The van der Waals surface area contributed by atoms with E-state index in [9.17, 15) is 4.79 Å². The molecule has 2 heterocycles. The van der Waals surface area contributed by atoms with Crippen molar-refractivity contribution in [1.82, 2.24) is 15.1 Å². The van der Waals surface area contributed by atoms with Gasteiger partial charge in [-0.25, -0.2) is 4.68 Å². The first-order valence-electron chi connectivity index (χ1n) is 11.3. The highest BCUT2D eigenvalue weighted by molar-refractivity contribution is 5.98. The van der Waals surface area contributed by atoms with Crippen LogP contribution in [0.3, 0.4) is 0 Å². The molecule has 0 saturated heterocycles. The molecule has 0 radical (unpaired) electrons. The van der Waals surface area contributed by atoms with Gasteiger partial charge in [-0.2, -0.15) is 5.10 Å². The molecule has 0 saturated carbocycles. The van der Waals surface area contributed by atoms with Crippen LogP contribution in [0.2, 0.25) is 0 Å². The van der Waals surface area contributed by atoms with Crippen LogP contribution in [0, 0.1) is 5.92 Å². The van der Waals surface area contributed by atoms with E-state index in [1.165, 1.54) is 11.1 Å². The lowest BCUT2D eigenvalue weighted by molar-refractivity contribution is 0.0951. The van der Waals surface area contributed by atoms with Crippen LogP contribution in [0.4, 0.5) is 5.82 Å². The van der Waals surface area contributed by atoms with Gasteiger partial charge in [0.05, 0.1) is 25.4 Å². The molecule has 4 rings (SSSR count). The average molecular weight is 433 g/mol. The minimum atomic E-state index is -0.126. The largest absolute Gasteiger partial charge is 0.497 e. The lowest BCUT2D eigenvalue weighted by atomic mass is 9.90. The Bertz CT molecular complexity index is 1050. The van der Waals surface area contributed by atoms with Crippen LogP contribution in [0.5, 0.6) is 5.75 Å². The van der Waals surface area contributed by atoms with Crippen molar-refractivity contribution >= 4 is 11.7 Å². The van der Waals surface area contributed by atoms with Gasteiger partial charge in [0.1, 0.15) is 17.1 Å². The van der Waals surface area contributed by atoms with E-state index in [0.29, 0.717) is 18.0 Å². The second-order valence-electron chi connectivity index (χ2n) is 8.72. The molecule has 0 bridgehead atoms. The van der Waals surface area contributed by atoms with Gasteiger partial charge in [-0.1, -0.05) is 57.2 Å². The number of aryl methyl sites for hydroxylation is 1. The summed E-state index contributed by atoms with van der Waals surface area (Å²) in [5.41, 5.74) is 4.17. The van der Waals surface area contributed by atoms with Crippen LogP contribution in [0.1, 0.15) is 66.3 Å². The second-order valence-corrected chi connectivity index (χ2v) is 8.72. The van der Waals surface area contributed by atoms with Crippen molar-refractivity contribution < 1.29 is 9.53 Å². The van der Waals surface area contributed by atoms with Crippen LogP contribution in [-0.2, 0) is 13.0 Å². The fourth-order valence-electron chi connectivity index (χ4n) is 4.27. The van der Waals surface area contributed by atoms with Crippen molar-refractivity contribution in [1.29, 1.82) is 0 Å². The Hall–Kier alpha value is -3.28. The van der Waals surface area contributed by atoms with Crippen LogP contribution in [0.15, 0.2) is 54.7 Å². The Labute approximate surface area is 190 Å². The summed E-state index contributed by atoms with van der Waals surface area (Å²) >= 11 is 0. The fourth-order valence-corrected chi connectivity index (χ4v) is 4.27. The molecule has 0 spiro atoms. The number of amides is 1. The first-order chi connectivity index (χ1) is 15.5. The second kappa shape index (κ2) is 9.47. The lowest BCUT2D eigenvalue weighted by Crippen LogP contribution is -2.31. The van der Waals surface area contributed by atoms with Gasteiger partial charge in [-0.3, -0.25) is 4.79 Å². The predicted molar refractivity (Wildman–Crippen MR) is 127 cm³/mol. The van der Waals surface area contributed by atoms with Gasteiger partial charge in [-0.15, -0.1) is 0 Å². The van der Waals surface area contributed by atoms with Crippen LogP contribution >= 0.6 is 0 Å². The minimum absolute atomic E-state index is 0.126. The molecule has 0 unspecified atom stereocenters. The standard InChI is InChI=1S/C26H32N4O2/c1-5-18-6-10-20(11-7-18)23-14-24(17(2)3)30-25(29-23)22(16-28-30)26(31)27-15-19-8-12-21(32-4)13-9-19/h6-13,16-17,23-24,29H,5,14-15H2,1-4H3,(H,27,31)/t23-,24+/m1/s1. The van der Waals surface area contributed by atoms with Gasteiger partial charge >= 0.3 is 0 Å². The average Bonchev–Trinajstić information content (AvgIpc) is 3.26. The van der Waals surface area contributed by atoms with Crippen molar-refractivity contribution in [3.63, 3.8) is 0 Å². The summed E-state index contributed by atoms with van der Waals surface area (Å²) in [7, 11) is 1.64. The molecule has 2 N–H and O–H groups in total. The normalized spacial score (nSPS) is 17.5. The van der Waals surface area contributed by atoms with E-state index in [1.54, 1.807) is 13.3 Å². The van der Waals surface area contributed by atoms with Crippen molar-refractivity contribution in [3.05, 3.63) is 77.0 Å². The smallest absolute Gasteiger partial charge is 0.256 e. The quantitative estimate of drug-likeness (QED) is 0.543. The molecule has 168 valence electrons. The molecule has 2 atom stereocenters. The van der Waals surface area contributed by atoms with Crippen molar-refractivity contribution in [2.24, 2.45) is 5.92 Å². The SMILES string of the molecule is CCc1ccc([C@H]2C[C@@H](C(C)C)n3ncc(C(=O)NCc4ccc(OC)cc4)c3N2)cc1. The third-order valence-corrected chi connectivity index (χ3v) is 6.31. The van der Waals surface area contributed by atoms with Crippen molar-refractivity contribution in [2.75, 3.05) is 12.4 Å². The van der Waals surface area contributed by atoms with Gasteiger partial charge in [0.2, 0.25) is 0 Å². The summed E-state index contributed by atoms with van der Waals surface area (Å²) < 4.78 is 7.19. The maximum atomic E-state index is 13.0. The number of nitrogens with zero attached hydrogens (tertiary/aromatic N) is 2. The van der Waals surface area contributed by atoms with E-state index in [0.717, 1.165) is 30.0 Å². The number of anilines is 1. The Kier molecular flexibility index (Phi) is 6.49. The number of nitrogens with one attached hydrogen (secondary N) is 2. The summed E-state index contributed by atoms with van der Waals surface area (Å²) in [6.07, 6.45) is 3.65. The summed E-state index contributed by atoms with van der Waals surface area (Å²) in [6.45, 7) is 7.03. The van der Waals surface area contributed by atoms with Crippen molar-refractivity contribution in [3.8, 4) is 5.75 Å². The number of methoxy groups -OCH3 is 1. The number of fused-ring (bicyclic) bond motifs is 1. The predicted octanol–water partition coefficient (Wildman–Crippen LogP) is 5.14. The minimum Gasteiger partial charge on any atom is -0.497 e. The molecular weight excluding hydrogens is 400 g/mol. The van der Waals surface area contributed by atoms with Gasteiger partial charge in [0.25, 0.3) is 5.91 Å². The molecule has 1 aromatic heterocycles. The molecule has 6 heteroatoms. The fraction of sp³-hybridized carbons (Fsp3) is 0.385. The Morgan fingerprint density at radius 3 is 2.47 bits per heavy atom. The first kappa shape index (κ1) is 21.9. The first-order valence-corrected chi connectivity index (χ1v) is 11.3. The number of hydrogen-bond acceptors (Lipinski definition) is 4. The molecule has 6 nitrogen and oxygen atoms in total. The van der Waals surface area contributed by atoms with Crippen LogP contribution in [0.25, 0.3) is 0 Å². The highest BCUT2D eigenvalue weighted by atomic mass is 16.5. The maximum Gasteiger partial charge on any atom is 0.256 e. The van der Waals surface area contributed by atoms with Gasteiger partial charge in [0.15, 0.2) is 0 Å². The number of rotatable bonds is 7. The van der Waals surface area contributed by atoms with Crippen LogP contribution < -0.4 is 15.4 Å². The molecule has 2 aromatic carbocycles. The third kappa shape index (κ3) is 4.49. The zero-order chi connectivity index (χ0) is 22.7.